The maximum absolute atomic E-state index is 13.2. The van der Waals surface area contributed by atoms with E-state index in [4.69, 9.17) is 0 Å². The van der Waals surface area contributed by atoms with Crippen molar-refractivity contribution >= 4 is 29.5 Å². The molecule has 4 aliphatic rings. The molecule has 0 aromatic heterocycles. The van der Waals surface area contributed by atoms with Crippen molar-refractivity contribution in [2.75, 3.05) is 52.9 Å². The van der Waals surface area contributed by atoms with Gasteiger partial charge in [-0.05, 0) is 13.3 Å². The van der Waals surface area contributed by atoms with Crippen molar-refractivity contribution in [2.45, 2.75) is 50.1 Å². The number of nitrogens with zero attached hydrogens (tertiary/aromatic N) is 3. The number of carboxylic acid groups (broad SMARTS) is 1. The first-order chi connectivity index (χ1) is 16.1. The molecule has 0 aromatic carbocycles. The second-order valence-corrected chi connectivity index (χ2v) is 11.7. The van der Waals surface area contributed by atoms with Gasteiger partial charge in [-0.2, -0.15) is 0 Å². The number of fused-ring (bicyclic) bond motifs is 1. The molecule has 1 unspecified atom stereocenters. The predicted octanol–water partition coefficient (Wildman–Crippen LogP) is -2.06. The number of carboxylic acids is 1. The third-order valence-corrected chi connectivity index (χ3v) is 9.48. The lowest BCUT2D eigenvalue weighted by Crippen LogP contribution is -2.64. The average molecular weight is 497 g/mol. The van der Waals surface area contributed by atoms with Gasteiger partial charge in [0.1, 0.15) is 6.54 Å². The fourth-order valence-electron chi connectivity index (χ4n) is 5.96. The Morgan fingerprint density at radius 1 is 1.32 bits per heavy atom. The van der Waals surface area contributed by atoms with Crippen LogP contribution in [0.3, 0.4) is 0 Å². The third kappa shape index (κ3) is 4.48. The normalized spacial score (nSPS) is 36.9. The molecule has 0 aromatic rings. The van der Waals surface area contributed by atoms with Crippen LogP contribution in [0.4, 0.5) is 0 Å². The minimum Gasteiger partial charge on any atom is -0.543 e. The molecule has 4 rings (SSSR count). The summed E-state index contributed by atoms with van der Waals surface area (Å²) in [4.78, 5) is 41.4. The first-order valence-corrected chi connectivity index (χ1v) is 13.1. The SMILES string of the molecule is C[C@@H](O)[C@H]1C(=O)N2C(C(=O)[O-])=C(S[C@@H]3CN[C@H](C(=O)N4CCC[N+](C)(CCO)CC4)C3)[C@H](C)[C@H]12. The van der Waals surface area contributed by atoms with E-state index in [1.54, 1.807) is 6.92 Å². The molecule has 7 atom stereocenters. The van der Waals surface area contributed by atoms with Crippen molar-refractivity contribution in [1.82, 2.24) is 15.1 Å². The first kappa shape index (κ1) is 25.4. The van der Waals surface area contributed by atoms with E-state index in [1.165, 1.54) is 16.7 Å². The molecule has 34 heavy (non-hydrogen) atoms. The predicted molar refractivity (Wildman–Crippen MR) is 124 cm³/mol. The highest BCUT2D eigenvalue weighted by Crippen LogP contribution is 2.51. The zero-order valence-corrected chi connectivity index (χ0v) is 20.9. The van der Waals surface area contributed by atoms with Crippen LogP contribution in [-0.2, 0) is 14.4 Å². The van der Waals surface area contributed by atoms with Gasteiger partial charge < -0.3 is 39.7 Å². The van der Waals surface area contributed by atoms with Crippen LogP contribution in [0.5, 0.6) is 0 Å². The molecule has 0 bridgehead atoms. The van der Waals surface area contributed by atoms with Gasteiger partial charge in [0, 0.05) is 35.6 Å². The van der Waals surface area contributed by atoms with E-state index < -0.39 is 18.0 Å². The van der Waals surface area contributed by atoms with Gasteiger partial charge in [0.25, 0.3) is 0 Å². The van der Waals surface area contributed by atoms with E-state index in [9.17, 15) is 29.7 Å². The Hall–Kier alpha value is -1.66. The van der Waals surface area contributed by atoms with Gasteiger partial charge in [-0.15, -0.1) is 11.8 Å². The molecule has 0 radical (unpaired) electrons. The lowest BCUT2D eigenvalue weighted by molar-refractivity contribution is -0.907. The Balaban J connectivity index is 1.40. The highest BCUT2D eigenvalue weighted by atomic mass is 32.2. The minimum absolute atomic E-state index is 0.00182. The summed E-state index contributed by atoms with van der Waals surface area (Å²) < 4.78 is 0.763. The van der Waals surface area contributed by atoms with Gasteiger partial charge in [-0.1, -0.05) is 6.92 Å². The number of nitrogens with one attached hydrogen (secondary N) is 1. The highest BCUT2D eigenvalue weighted by Gasteiger charge is 2.59. The number of quaternary nitrogens is 1. The molecule has 190 valence electrons. The first-order valence-electron chi connectivity index (χ1n) is 12.2. The zero-order valence-electron chi connectivity index (χ0n) is 20.1. The van der Waals surface area contributed by atoms with Crippen molar-refractivity contribution in [1.29, 1.82) is 0 Å². The van der Waals surface area contributed by atoms with Gasteiger partial charge in [0.15, 0.2) is 0 Å². The van der Waals surface area contributed by atoms with Crippen LogP contribution in [0, 0.1) is 11.8 Å². The van der Waals surface area contributed by atoms with Crippen LogP contribution in [-0.4, -0.2) is 119 Å². The molecule has 0 aliphatic carbocycles. The number of thioether (sulfide) groups is 1. The highest BCUT2D eigenvalue weighted by molar-refractivity contribution is 8.03. The standard InChI is InChI=1S/C23H36N4O6S/c1-13-18-17(14(2)29)22(31)26(18)19(23(32)33)20(13)34-15-11-16(24-12-15)21(30)25-5-4-7-27(3,8-6-25)9-10-28/h13-18,24,28-29H,4-12H2,1-3H3/t13-,14-,15+,16+,17-,18-,27?/m1/s1. The van der Waals surface area contributed by atoms with Crippen molar-refractivity contribution in [3.63, 3.8) is 0 Å². The van der Waals surface area contributed by atoms with E-state index >= 15 is 0 Å². The molecule has 3 saturated heterocycles. The summed E-state index contributed by atoms with van der Waals surface area (Å²) in [5.41, 5.74) is -0.0763. The summed E-state index contributed by atoms with van der Waals surface area (Å²) in [6.07, 6.45) is 0.630. The van der Waals surface area contributed by atoms with E-state index in [0.717, 1.165) is 24.0 Å². The summed E-state index contributed by atoms with van der Waals surface area (Å²) in [6, 6.07) is -0.682. The third-order valence-electron chi connectivity index (χ3n) is 7.97. The number of hydrogen-bond acceptors (Lipinski definition) is 8. The van der Waals surface area contributed by atoms with E-state index in [2.05, 4.69) is 12.4 Å². The van der Waals surface area contributed by atoms with Gasteiger partial charge in [-0.25, -0.2) is 0 Å². The van der Waals surface area contributed by atoms with Crippen LogP contribution in [0.2, 0.25) is 0 Å². The Bertz CT molecular complexity index is 882. The fourth-order valence-corrected chi connectivity index (χ4v) is 7.44. The van der Waals surface area contributed by atoms with Crippen LogP contribution < -0.4 is 10.4 Å². The minimum atomic E-state index is -1.37. The molecule has 4 heterocycles. The molecule has 0 spiro atoms. The molecule has 11 heteroatoms. The van der Waals surface area contributed by atoms with Crippen LogP contribution >= 0.6 is 11.8 Å². The molecule has 10 nitrogen and oxygen atoms in total. The zero-order chi connectivity index (χ0) is 24.8. The fraction of sp³-hybridized carbons (Fsp3) is 0.783. The number of aliphatic hydroxyl groups is 2. The second-order valence-electron chi connectivity index (χ2n) is 10.4. The Kier molecular flexibility index (Phi) is 7.31. The van der Waals surface area contributed by atoms with E-state index in [-0.39, 0.29) is 47.4 Å². The lowest BCUT2D eigenvalue weighted by Gasteiger charge is -2.47. The smallest absolute Gasteiger partial charge is 0.239 e. The summed E-state index contributed by atoms with van der Waals surface area (Å²) in [6.45, 7) is 7.94. The molecule has 2 amide bonds. The number of β-lactam (4-membered cyclic amide) rings is 1. The molecule has 3 N–H and O–H groups in total. The Morgan fingerprint density at radius 3 is 2.71 bits per heavy atom. The molecular formula is C23H36N4O6S. The number of hydrogen-bond donors (Lipinski definition) is 3. The quantitative estimate of drug-likeness (QED) is 0.271. The summed E-state index contributed by atoms with van der Waals surface area (Å²) in [5, 5.41) is 34.6. The second kappa shape index (κ2) is 9.77. The van der Waals surface area contributed by atoms with Crippen LogP contribution in [0.1, 0.15) is 26.7 Å². The average Bonchev–Trinajstić information content (AvgIpc) is 3.25. The topological polar surface area (TPSA) is 133 Å². The van der Waals surface area contributed by atoms with Crippen molar-refractivity contribution in [3.8, 4) is 0 Å². The van der Waals surface area contributed by atoms with E-state index in [0.29, 0.717) is 37.5 Å². The van der Waals surface area contributed by atoms with Crippen molar-refractivity contribution < 1.29 is 34.2 Å². The van der Waals surface area contributed by atoms with Gasteiger partial charge in [0.05, 0.1) is 69.1 Å². The molecule has 0 saturated carbocycles. The lowest BCUT2D eigenvalue weighted by atomic mass is 9.79. The van der Waals surface area contributed by atoms with Crippen molar-refractivity contribution in [3.05, 3.63) is 10.6 Å². The summed E-state index contributed by atoms with van der Waals surface area (Å²) in [7, 11) is 2.12. The number of amides is 2. The Labute approximate surface area is 204 Å². The van der Waals surface area contributed by atoms with Crippen molar-refractivity contribution in [2.24, 2.45) is 11.8 Å². The number of carbonyl (C=O) groups is 3. The Morgan fingerprint density at radius 2 is 2.06 bits per heavy atom. The van der Waals surface area contributed by atoms with E-state index in [1.807, 2.05) is 11.8 Å². The number of aliphatic carboxylic acids is 1. The molecule has 4 aliphatic heterocycles. The number of carbonyl (C=O) groups excluding carboxylic acids is 3. The number of likely N-dealkylation sites (N-methyl/N-ethyl adjacent to an activating group) is 1. The van der Waals surface area contributed by atoms with Crippen LogP contribution in [0.15, 0.2) is 10.6 Å². The summed E-state index contributed by atoms with van der Waals surface area (Å²) in [5.74, 6) is -2.48. The number of rotatable bonds is 7. The monoisotopic (exact) mass is 496 g/mol. The molecule has 3 fully saturated rings. The van der Waals surface area contributed by atoms with Gasteiger partial charge >= 0.3 is 0 Å². The largest absolute Gasteiger partial charge is 0.543 e. The molecular weight excluding hydrogens is 460 g/mol. The van der Waals surface area contributed by atoms with Gasteiger partial charge in [0.2, 0.25) is 11.8 Å². The van der Waals surface area contributed by atoms with Crippen LogP contribution in [0.25, 0.3) is 0 Å². The number of aliphatic hydroxyl groups excluding tert-OH is 2. The maximum Gasteiger partial charge on any atom is 0.239 e. The maximum atomic E-state index is 13.2. The summed E-state index contributed by atoms with van der Waals surface area (Å²) >= 11 is 1.42. The van der Waals surface area contributed by atoms with Gasteiger partial charge in [-0.3, -0.25) is 9.59 Å².